The molecule has 1 N–H and O–H groups in total. The molecule has 6 nitrogen and oxygen atoms in total. The van der Waals surface area contributed by atoms with Crippen LogP contribution in [0.1, 0.15) is 11.3 Å². The summed E-state index contributed by atoms with van der Waals surface area (Å²) in [7, 11) is 0. The van der Waals surface area contributed by atoms with Gasteiger partial charge in [0, 0.05) is 0 Å². The Kier molecular flexibility index (Phi) is 4.15. The Balaban J connectivity index is 1.60. The maximum atomic E-state index is 12.9. The van der Waals surface area contributed by atoms with E-state index in [2.05, 4.69) is 25.8 Å². The highest BCUT2D eigenvalue weighted by Crippen LogP contribution is 2.04. The summed E-state index contributed by atoms with van der Waals surface area (Å²) in [6.07, 6.45) is 3.28. The molecule has 0 spiro atoms. The molecule has 1 aromatic carbocycles. The Labute approximate surface area is 126 Å². The van der Waals surface area contributed by atoms with Crippen LogP contribution in [0, 0.1) is 5.95 Å². The predicted molar refractivity (Wildman–Crippen MR) is 81.0 cm³/mol. The van der Waals surface area contributed by atoms with Gasteiger partial charge in [-0.3, -0.25) is 5.43 Å². The van der Waals surface area contributed by atoms with Crippen molar-refractivity contribution in [3.05, 3.63) is 71.9 Å². The molecule has 0 aliphatic carbocycles. The number of nitrogens with zero attached hydrogens (tertiary/aromatic N) is 5. The van der Waals surface area contributed by atoms with Gasteiger partial charge in [-0.15, -0.1) is 5.10 Å². The third-order valence-electron chi connectivity index (χ3n) is 2.83. The van der Waals surface area contributed by atoms with Crippen molar-refractivity contribution in [1.29, 1.82) is 0 Å². The average Bonchev–Trinajstić information content (AvgIpc) is 2.96. The number of hydrazone groups is 1. The maximum Gasteiger partial charge on any atom is 0.214 e. The molecule has 3 aromatic rings. The van der Waals surface area contributed by atoms with E-state index in [1.807, 2.05) is 30.3 Å². The third kappa shape index (κ3) is 3.72. The summed E-state index contributed by atoms with van der Waals surface area (Å²) in [6.45, 7) is 0.639. The Hall–Kier alpha value is -3.09. The molecule has 0 atom stereocenters. The second-order valence-electron chi connectivity index (χ2n) is 4.54. The van der Waals surface area contributed by atoms with Crippen molar-refractivity contribution in [2.24, 2.45) is 5.10 Å². The van der Waals surface area contributed by atoms with Gasteiger partial charge < -0.3 is 0 Å². The van der Waals surface area contributed by atoms with Crippen molar-refractivity contribution in [3.8, 4) is 0 Å². The van der Waals surface area contributed by atoms with E-state index in [1.165, 1.54) is 12.3 Å². The van der Waals surface area contributed by atoms with Crippen LogP contribution < -0.4 is 5.43 Å². The number of pyridine rings is 1. The van der Waals surface area contributed by atoms with Crippen molar-refractivity contribution in [3.63, 3.8) is 0 Å². The maximum absolute atomic E-state index is 12.9. The van der Waals surface area contributed by atoms with Crippen molar-refractivity contribution in [2.75, 3.05) is 5.43 Å². The van der Waals surface area contributed by atoms with Crippen LogP contribution in [0.2, 0.25) is 0 Å². The molecule has 110 valence electrons. The molecule has 2 heterocycles. The Morgan fingerprint density at radius 2 is 2.00 bits per heavy atom. The van der Waals surface area contributed by atoms with E-state index in [0.717, 1.165) is 5.56 Å². The lowest BCUT2D eigenvalue weighted by molar-refractivity contribution is 0.585. The highest BCUT2D eigenvalue weighted by molar-refractivity contribution is 5.76. The highest BCUT2D eigenvalue weighted by atomic mass is 19.1. The molecular weight excluding hydrogens is 283 g/mol. The number of hydrogen-bond acceptors (Lipinski definition) is 5. The second-order valence-corrected chi connectivity index (χ2v) is 4.54. The molecule has 0 fully saturated rings. The van der Waals surface area contributed by atoms with Gasteiger partial charge in [-0.1, -0.05) is 41.6 Å². The van der Waals surface area contributed by atoms with Crippen LogP contribution in [-0.4, -0.2) is 26.2 Å². The van der Waals surface area contributed by atoms with Gasteiger partial charge in [0.15, 0.2) is 0 Å². The summed E-state index contributed by atoms with van der Waals surface area (Å²) in [6, 6.07) is 14.4. The van der Waals surface area contributed by atoms with E-state index in [4.69, 9.17) is 0 Å². The molecule has 0 amide bonds. The number of rotatable bonds is 5. The first-order valence-corrected chi connectivity index (χ1v) is 6.65. The molecule has 0 aliphatic heterocycles. The molecular formula is C15H13FN6. The number of anilines is 1. The summed E-state index contributed by atoms with van der Waals surface area (Å²) < 4.78 is 14.6. The van der Waals surface area contributed by atoms with Crippen LogP contribution in [0.4, 0.5) is 10.2 Å². The normalized spacial score (nSPS) is 11.0. The van der Waals surface area contributed by atoms with Crippen LogP contribution in [-0.2, 0) is 6.54 Å². The number of benzene rings is 1. The molecule has 0 saturated heterocycles. The molecule has 2 aromatic heterocycles. The van der Waals surface area contributed by atoms with Gasteiger partial charge in [-0.2, -0.15) is 9.49 Å². The quantitative estimate of drug-likeness (QED) is 0.445. The number of halogens is 1. The minimum atomic E-state index is -0.561. The standard InChI is InChI=1S/C15H13FN6/c16-14-7-4-8-15(18-14)20-17-9-13-11-22(21-19-13)10-12-5-2-1-3-6-12/h1-9,11H,10H2,(H,18,20)/b17-9+. The summed E-state index contributed by atoms with van der Waals surface area (Å²) in [5.74, 6) is -0.234. The Morgan fingerprint density at radius 3 is 2.82 bits per heavy atom. The number of aromatic nitrogens is 4. The Bertz CT molecular complexity index is 768. The monoisotopic (exact) mass is 296 g/mol. The van der Waals surface area contributed by atoms with Crippen molar-refractivity contribution in [1.82, 2.24) is 20.0 Å². The van der Waals surface area contributed by atoms with E-state index in [9.17, 15) is 4.39 Å². The lowest BCUT2D eigenvalue weighted by Crippen LogP contribution is -1.99. The predicted octanol–water partition coefficient (Wildman–Crippen LogP) is 2.31. The van der Waals surface area contributed by atoms with E-state index < -0.39 is 5.95 Å². The smallest absolute Gasteiger partial charge is 0.214 e. The second kappa shape index (κ2) is 6.57. The van der Waals surface area contributed by atoms with Crippen LogP contribution in [0.25, 0.3) is 0 Å². The zero-order valence-electron chi connectivity index (χ0n) is 11.6. The van der Waals surface area contributed by atoms with Crippen LogP contribution in [0.5, 0.6) is 0 Å². The third-order valence-corrected chi connectivity index (χ3v) is 2.83. The number of nitrogens with one attached hydrogen (secondary N) is 1. The summed E-state index contributed by atoms with van der Waals surface area (Å²) in [4.78, 5) is 3.63. The number of hydrogen-bond donors (Lipinski definition) is 1. The molecule has 0 radical (unpaired) electrons. The summed E-state index contributed by atoms with van der Waals surface area (Å²) >= 11 is 0. The van der Waals surface area contributed by atoms with Gasteiger partial charge >= 0.3 is 0 Å². The highest BCUT2D eigenvalue weighted by Gasteiger charge is 1.99. The van der Waals surface area contributed by atoms with Gasteiger partial charge in [0.1, 0.15) is 11.5 Å². The van der Waals surface area contributed by atoms with Crippen molar-refractivity contribution in [2.45, 2.75) is 6.54 Å². The first kappa shape index (κ1) is 13.9. The van der Waals surface area contributed by atoms with E-state index in [-0.39, 0.29) is 0 Å². The van der Waals surface area contributed by atoms with E-state index in [1.54, 1.807) is 23.0 Å². The first-order valence-electron chi connectivity index (χ1n) is 6.65. The molecule has 0 unspecified atom stereocenters. The molecule has 0 aliphatic rings. The zero-order chi connectivity index (χ0) is 15.2. The van der Waals surface area contributed by atoms with Crippen molar-refractivity contribution >= 4 is 12.0 Å². The van der Waals surface area contributed by atoms with Gasteiger partial charge in [0.25, 0.3) is 0 Å². The van der Waals surface area contributed by atoms with Gasteiger partial charge in [0.2, 0.25) is 5.95 Å². The zero-order valence-corrected chi connectivity index (χ0v) is 11.6. The molecule has 22 heavy (non-hydrogen) atoms. The van der Waals surface area contributed by atoms with Gasteiger partial charge in [0.05, 0.1) is 19.0 Å². The van der Waals surface area contributed by atoms with E-state index >= 15 is 0 Å². The molecule has 0 saturated carbocycles. The fourth-order valence-electron chi connectivity index (χ4n) is 1.86. The first-order chi connectivity index (χ1) is 10.8. The average molecular weight is 296 g/mol. The van der Waals surface area contributed by atoms with Crippen LogP contribution >= 0.6 is 0 Å². The van der Waals surface area contributed by atoms with Crippen LogP contribution in [0.3, 0.4) is 0 Å². The SMILES string of the molecule is Fc1cccc(N/N=C/c2cn(Cc3ccccc3)nn2)n1. The fraction of sp³-hybridized carbons (Fsp3) is 0.0667. The van der Waals surface area contributed by atoms with E-state index in [0.29, 0.717) is 18.1 Å². The van der Waals surface area contributed by atoms with Crippen LogP contribution in [0.15, 0.2) is 59.8 Å². The van der Waals surface area contributed by atoms with Gasteiger partial charge in [-0.05, 0) is 17.7 Å². The minimum Gasteiger partial charge on any atom is -0.261 e. The fourth-order valence-corrected chi connectivity index (χ4v) is 1.86. The molecule has 3 rings (SSSR count). The van der Waals surface area contributed by atoms with Gasteiger partial charge in [-0.25, -0.2) is 9.67 Å². The topological polar surface area (TPSA) is 68.0 Å². The summed E-state index contributed by atoms with van der Waals surface area (Å²) in [5, 5.41) is 12.0. The largest absolute Gasteiger partial charge is 0.261 e. The molecule has 7 heteroatoms. The minimum absolute atomic E-state index is 0.327. The lowest BCUT2D eigenvalue weighted by atomic mass is 10.2. The summed E-state index contributed by atoms with van der Waals surface area (Å²) in [5.41, 5.74) is 4.37. The lowest BCUT2D eigenvalue weighted by Gasteiger charge is -1.99. The Morgan fingerprint density at radius 1 is 1.14 bits per heavy atom. The van der Waals surface area contributed by atoms with Crippen molar-refractivity contribution < 1.29 is 4.39 Å². The molecule has 0 bridgehead atoms.